The van der Waals surface area contributed by atoms with Crippen LogP contribution in [0.4, 0.5) is 0 Å². The fourth-order valence-electron chi connectivity index (χ4n) is 5.94. The molecule has 2 aliphatic heterocycles. The van der Waals surface area contributed by atoms with Gasteiger partial charge in [-0.2, -0.15) is 0 Å². The largest absolute Gasteiger partial charge is 0.466 e. The lowest BCUT2D eigenvalue weighted by molar-refractivity contribution is -0.316. The van der Waals surface area contributed by atoms with Gasteiger partial charge in [0.15, 0.2) is 31.4 Å². The van der Waals surface area contributed by atoms with Crippen molar-refractivity contribution in [1.29, 1.82) is 0 Å². The lowest BCUT2D eigenvalue weighted by atomic mass is 9.81. The van der Waals surface area contributed by atoms with Crippen molar-refractivity contribution >= 4 is 12.1 Å². The quantitative estimate of drug-likeness (QED) is 0.120. The Kier molecular flexibility index (Phi) is 11.7. The maximum absolute atomic E-state index is 14.5. The summed E-state index contributed by atoms with van der Waals surface area (Å²) >= 11 is 0. The van der Waals surface area contributed by atoms with Crippen LogP contribution >= 0.6 is 0 Å². The molecular formula is C31H48O10. The van der Waals surface area contributed by atoms with E-state index in [1.807, 2.05) is 27.7 Å². The second-order valence-electron chi connectivity index (χ2n) is 11.8. The summed E-state index contributed by atoms with van der Waals surface area (Å²) in [5.74, 6) is -1.11. The molecule has 10 nitrogen and oxygen atoms in total. The number of hydrogen-bond donors (Lipinski definition) is 1. The predicted octanol–water partition coefficient (Wildman–Crippen LogP) is 4.71. The highest BCUT2D eigenvalue weighted by atomic mass is 16.7. The van der Waals surface area contributed by atoms with Crippen molar-refractivity contribution in [2.45, 2.75) is 103 Å². The molecule has 232 valence electrons. The Morgan fingerprint density at radius 3 is 2.27 bits per heavy atom. The van der Waals surface area contributed by atoms with Gasteiger partial charge in [-0.15, -0.1) is 0 Å². The number of hydrogen-bond acceptors (Lipinski definition) is 10. The molecule has 3 rings (SSSR count). The molecule has 2 heterocycles. The number of epoxide rings is 1. The molecule has 0 radical (unpaired) electrons. The van der Waals surface area contributed by atoms with E-state index in [0.29, 0.717) is 36.9 Å². The van der Waals surface area contributed by atoms with Gasteiger partial charge in [0.05, 0.1) is 36.0 Å². The van der Waals surface area contributed by atoms with E-state index in [1.165, 1.54) is 14.2 Å². The van der Waals surface area contributed by atoms with Gasteiger partial charge in [0.1, 0.15) is 17.1 Å². The third-order valence-electron chi connectivity index (χ3n) is 7.70. The van der Waals surface area contributed by atoms with Crippen LogP contribution < -0.4 is 9.47 Å². The minimum atomic E-state index is -1.00. The molecule has 1 N–H and O–H groups in total. The SMILES string of the molecule is CCC[C@H](C(=O)c1cc(CC(C)C)c(OCOC)c(C=O)c1OCOC)[C@H]1C[C@H](C2(CO)OC2CC)OC(C)(C)O1. The smallest absolute Gasteiger partial charge is 0.188 e. The number of rotatable bonds is 17. The molecule has 0 amide bonds. The number of carbonyl (C=O) groups is 2. The minimum Gasteiger partial charge on any atom is -0.466 e. The van der Waals surface area contributed by atoms with Crippen LogP contribution in [-0.4, -0.2) is 81.3 Å². The van der Waals surface area contributed by atoms with E-state index < -0.39 is 29.5 Å². The van der Waals surface area contributed by atoms with Crippen LogP contribution in [0, 0.1) is 11.8 Å². The lowest BCUT2D eigenvalue weighted by Gasteiger charge is -2.45. The number of methoxy groups -OCH3 is 2. The van der Waals surface area contributed by atoms with E-state index in [1.54, 1.807) is 6.07 Å². The first kappa shape index (κ1) is 33.4. The number of Topliss-reactive ketones (excluding diaryl/α,β-unsaturated/α-hetero) is 1. The minimum absolute atomic E-state index is 0.0682. The Balaban J connectivity index is 2.10. The van der Waals surface area contributed by atoms with Crippen LogP contribution in [-0.2, 0) is 30.1 Å². The number of ketones is 1. The second-order valence-corrected chi connectivity index (χ2v) is 11.8. The normalized spacial score (nSPS) is 26.0. The summed E-state index contributed by atoms with van der Waals surface area (Å²) in [4.78, 5) is 27.0. The second kappa shape index (κ2) is 14.4. The van der Waals surface area contributed by atoms with Gasteiger partial charge in [-0.05, 0) is 50.7 Å². The highest BCUT2D eigenvalue weighted by Crippen LogP contribution is 2.49. The highest BCUT2D eigenvalue weighted by Gasteiger charge is 2.63. The Bertz CT molecular complexity index is 1040. The van der Waals surface area contributed by atoms with E-state index >= 15 is 0 Å². The molecule has 2 aliphatic rings. The number of benzene rings is 1. The number of aliphatic hydroxyl groups is 1. The molecule has 0 spiro atoms. The number of aldehydes is 1. The molecule has 0 saturated carbocycles. The van der Waals surface area contributed by atoms with Crippen molar-refractivity contribution in [1.82, 2.24) is 0 Å². The van der Waals surface area contributed by atoms with E-state index in [2.05, 4.69) is 13.8 Å². The molecule has 0 bridgehead atoms. The fraction of sp³-hybridized carbons (Fsp3) is 0.742. The zero-order chi connectivity index (χ0) is 30.4. The van der Waals surface area contributed by atoms with Crippen molar-refractivity contribution in [3.63, 3.8) is 0 Å². The fourth-order valence-corrected chi connectivity index (χ4v) is 5.94. The summed E-state index contributed by atoms with van der Waals surface area (Å²) in [5.41, 5.74) is 0.317. The first-order valence-corrected chi connectivity index (χ1v) is 14.6. The third kappa shape index (κ3) is 7.47. The van der Waals surface area contributed by atoms with Crippen LogP contribution in [0.25, 0.3) is 0 Å². The van der Waals surface area contributed by atoms with Gasteiger partial charge in [0.2, 0.25) is 0 Å². The van der Waals surface area contributed by atoms with E-state index in [9.17, 15) is 14.7 Å². The van der Waals surface area contributed by atoms with Gasteiger partial charge in [0, 0.05) is 26.6 Å². The average Bonchev–Trinajstić information content (AvgIpc) is 3.67. The van der Waals surface area contributed by atoms with Crippen LogP contribution in [0.5, 0.6) is 11.5 Å². The van der Waals surface area contributed by atoms with Crippen LogP contribution in [0.3, 0.4) is 0 Å². The van der Waals surface area contributed by atoms with Crippen molar-refractivity contribution in [3.8, 4) is 11.5 Å². The number of ether oxygens (including phenoxy) is 7. The zero-order valence-electron chi connectivity index (χ0n) is 25.8. The molecule has 1 aromatic carbocycles. The topological polar surface area (TPSA) is 122 Å². The molecule has 0 aromatic heterocycles. The number of carbonyl (C=O) groups excluding carboxylic acids is 2. The molecule has 2 fully saturated rings. The Hall–Kier alpha value is -2.08. The van der Waals surface area contributed by atoms with Gasteiger partial charge in [-0.3, -0.25) is 9.59 Å². The monoisotopic (exact) mass is 580 g/mol. The van der Waals surface area contributed by atoms with Crippen molar-refractivity contribution in [2.24, 2.45) is 11.8 Å². The van der Waals surface area contributed by atoms with E-state index in [-0.39, 0.29) is 54.9 Å². The first-order chi connectivity index (χ1) is 19.5. The Morgan fingerprint density at radius 1 is 1.10 bits per heavy atom. The number of aliphatic hydroxyl groups excluding tert-OH is 1. The molecule has 10 heteroatoms. The van der Waals surface area contributed by atoms with Crippen LogP contribution in [0.1, 0.15) is 93.5 Å². The lowest BCUT2D eigenvalue weighted by Crippen LogP contribution is -2.54. The van der Waals surface area contributed by atoms with E-state index in [4.69, 9.17) is 33.2 Å². The Morgan fingerprint density at radius 2 is 1.76 bits per heavy atom. The van der Waals surface area contributed by atoms with Gasteiger partial charge in [-0.1, -0.05) is 34.1 Å². The van der Waals surface area contributed by atoms with Crippen molar-refractivity contribution in [3.05, 3.63) is 22.8 Å². The summed E-state index contributed by atoms with van der Waals surface area (Å²) in [5, 5.41) is 10.3. The highest BCUT2D eigenvalue weighted by molar-refractivity contribution is 6.04. The summed E-state index contributed by atoms with van der Waals surface area (Å²) < 4.78 is 40.6. The molecule has 2 saturated heterocycles. The zero-order valence-corrected chi connectivity index (χ0v) is 25.8. The summed E-state index contributed by atoms with van der Waals surface area (Å²) in [6, 6.07) is 1.77. The first-order valence-electron chi connectivity index (χ1n) is 14.6. The van der Waals surface area contributed by atoms with Crippen molar-refractivity contribution < 1.29 is 47.9 Å². The molecule has 41 heavy (non-hydrogen) atoms. The summed E-state index contributed by atoms with van der Waals surface area (Å²) in [7, 11) is 2.97. The Labute approximate surface area is 243 Å². The molecule has 2 unspecified atom stereocenters. The van der Waals surface area contributed by atoms with Gasteiger partial charge in [-0.25, -0.2) is 0 Å². The molecule has 0 aliphatic carbocycles. The predicted molar refractivity (Wildman–Crippen MR) is 152 cm³/mol. The summed E-state index contributed by atoms with van der Waals surface area (Å²) in [6.07, 6.45) is 2.52. The van der Waals surface area contributed by atoms with Crippen molar-refractivity contribution in [2.75, 3.05) is 34.4 Å². The third-order valence-corrected chi connectivity index (χ3v) is 7.70. The van der Waals surface area contributed by atoms with Gasteiger partial charge >= 0.3 is 0 Å². The van der Waals surface area contributed by atoms with Gasteiger partial charge in [0.25, 0.3) is 0 Å². The average molecular weight is 581 g/mol. The standard InChI is InChI=1S/C31H48O10/c1-9-11-21(24-14-26(40-30(5,6)39-24)31(16-33)25(10-2)41-31)27(34)22-13-20(12-19(3)4)28(37-17-35-7)23(15-32)29(22)38-18-36-8/h13,15,19,21,24-26,33H,9-12,14,16-18H2,1-8H3/t21-,24+,25?,26+,31?/m0/s1. The van der Waals surface area contributed by atoms with Crippen LogP contribution in [0.15, 0.2) is 6.07 Å². The van der Waals surface area contributed by atoms with E-state index in [0.717, 1.165) is 12.8 Å². The maximum Gasteiger partial charge on any atom is 0.188 e. The van der Waals surface area contributed by atoms with Crippen LogP contribution in [0.2, 0.25) is 0 Å². The molecular weight excluding hydrogens is 532 g/mol. The molecule has 5 atom stereocenters. The van der Waals surface area contributed by atoms with Gasteiger partial charge < -0.3 is 38.3 Å². The maximum atomic E-state index is 14.5. The molecule has 1 aromatic rings. The summed E-state index contributed by atoms with van der Waals surface area (Å²) in [6.45, 7) is 11.3.